The number of nitrogens with two attached hydrogens (primary N) is 1. The molecule has 0 amide bonds. The molecule has 21 heavy (non-hydrogen) atoms. The summed E-state index contributed by atoms with van der Waals surface area (Å²) in [5.41, 5.74) is 7.04. The van der Waals surface area contributed by atoms with Crippen LogP contribution in [-0.4, -0.2) is 5.60 Å². The lowest BCUT2D eigenvalue weighted by Gasteiger charge is -2.36. The van der Waals surface area contributed by atoms with E-state index in [1.165, 1.54) is 4.88 Å². The van der Waals surface area contributed by atoms with Crippen LogP contribution in [0.1, 0.15) is 36.8 Å². The average molecular weight is 368 g/mol. The molecule has 1 unspecified atom stereocenters. The minimum atomic E-state index is -0.232. The Labute approximate surface area is 137 Å². The van der Waals surface area contributed by atoms with Crippen LogP contribution < -0.4 is 15.2 Å². The molecule has 3 rings (SSSR count). The SMILES string of the molecule is CC1(C)CC(N)c2ccc(OCc3ccc(Br)s3)cc2O1. The van der Waals surface area contributed by atoms with Gasteiger partial charge in [-0.15, -0.1) is 11.3 Å². The highest BCUT2D eigenvalue weighted by molar-refractivity contribution is 9.11. The smallest absolute Gasteiger partial charge is 0.128 e. The fourth-order valence-corrected chi connectivity index (χ4v) is 3.96. The van der Waals surface area contributed by atoms with Crippen molar-refractivity contribution in [2.24, 2.45) is 5.73 Å². The first-order chi connectivity index (χ1) is 9.93. The first-order valence-electron chi connectivity index (χ1n) is 6.88. The molecular formula is C16H18BrNO2S. The topological polar surface area (TPSA) is 44.5 Å². The van der Waals surface area contributed by atoms with Gasteiger partial charge in [-0.05, 0) is 48.0 Å². The third kappa shape index (κ3) is 3.42. The van der Waals surface area contributed by atoms with Crippen LogP contribution in [0.2, 0.25) is 0 Å². The Morgan fingerprint density at radius 1 is 1.38 bits per heavy atom. The van der Waals surface area contributed by atoms with Gasteiger partial charge < -0.3 is 15.2 Å². The molecule has 3 nitrogen and oxygen atoms in total. The van der Waals surface area contributed by atoms with Crippen molar-refractivity contribution < 1.29 is 9.47 Å². The summed E-state index contributed by atoms with van der Waals surface area (Å²) >= 11 is 5.13. The normalized spacial score (nSPS) is 19.7. The van der Waals surface area contributed by atoms with Gasteiger partial charge in [0.15, 0.2) is 0 Å². The van der Waals surface area contributed by atoms with Crippen molar-refractivity contribution in [1.82, 2.24) is 0 Å². The molecule has 0 fully saturated rings. The van der Waals surface area contributed by atoms with Crippen LogP contribution in [0.5, 0.6) is 11.5 Å². The predicted octanol–water partition coefficient (Wildman–Crippen LogP) is 4.65. The van der Waals surface area contributed by atoms with Crippen LogP contribution in [0, 0.1) is 0 Å². The van der Waals surface area contributed by atoms with Crippen molar-refractivity contribution in [3.8, 4) is 11.5 Å². The molecule has 2 aromatic rings. The fraction of sp³-hybridized carbons (Fsp3) is 0.375. The fourth-order valence-electron chi connectivity index (χ4n) is 2.56. The Hall–Kier alpha value is -1.04. The number of rotatable bonds is 3. The predicted molar refractivity (Wildman–Crippen MR) is 89.0 cm³/mol. The molecule has 1 aromatic heterocycles. The van der Waals surface area contributed by atoms with Gasteiger partial charge >= 0.3 is 0 Å². The van der Waals surface area contributed by atoms with E-state index in [9.17, 15) is 0 Å². The van der Waals surface area contributed by atoms with E-state index < -0.39 is 0 Å². The van der Waals surface area contributed by atoms with Crippen LogP contribution in [-0.2, 0) is 6.61 Å². The minimum Gasteiger partial charge on any atom is -0.488 e. The first kappa shape index (κ1) is 14.9. The van der Waals surface area contributed by atoms with E-state index in [0.29, 0.717) is 6.61 Å². The number of hydrogen-bond acceptors (Lipinski definition) is 4. The second kappa shape index (κ2) is 5.63. The van der Waals surface area contributed by atoms with Crippen molar-refractivity contribution in [3.63, 3.8) is 0 Å². The molecule has 2 N–H and O–H groups in total. The zero-order chi connectivity index (χ0) is 15.0. The zero-order valence-electron chi connectivity index (χ0n) is 12.1. The lowest BCUT2D eigenvalue weighted by molar-refractivity contribution is 0.0724. The Balaban J connectivity index is 1.76. The Bertz CT molecular complexity index is 653. The molecule has 0 bridgehead atoms. The van der Waals surface area contributed by atoms with Gasteiger partial charge in [-0.1, -0.05) is 6.07 Å². The number of hydrogen-bond donors (Lipinski definition) is 1. The maximum Gasteiger partial charge on any atom is 0.128 e. The number of ether oxygens (including phenoxy) is 2. The van der Waals surface area contributed by atoms with Crippen molar-refractivity contribution in [3.05, 3.63) is 44.6 Å². The van der Waals surface area contributed by atoms with Crippen LogP contribution >= 0.6 is 27.3 Å². The van der Waals surface area contributed by atoms with Crippen molar-refractivity contribution >= 4 is 27.3 Å². The number of halogens is 1. The highest BCUT2D eigenvalue weighted by Crippen LogP contribution is 2.40. The summed E-state index contributed by atoms with van der Waals surface area (Å²) in [6, 6.07) is 10.0. The van der Waals surface area contributed by atoms with E-state index in [-0.39, 0.29) is 11.6 Å². The largest absolute Gasteiger partial charge is 0.488 e. The quantitative estimate of drug-likeness (QED) is 0.858. The van der Waals surface area contributed by atoms with Gasteiger partial charge in [0, 0.05) is 29.0 Å². The van der Waals surface area contributed by atoms with Gasteiger partial charge in [-0.3, -0.25) is 0 Å². The second-order valence-electron chi connectivity index (χ2n) is 5.87. The van der Waals surface area contributed by atoms with E-state index >= 15 is 0 Å². The molecule has 0 radical (unpaired) electrons. The summed E-state index contributed by atoms with van der Waals surface area (Å²) in [6.07, 6.45) is 0.823. The minimum absolute atomic E-state index is 0.0195. The van der Waals surface area contributed by atoms with Gasteiger partial charge in [0.1, 0.15) is 23.7 Å². The van der Waals surface area contributed by atoms with Crippen LogP contribution in [0.4, 0.5) is 0 Å². The molecule has 0 aliphatic carbocycles. The maximum atomic E-state index is 6.22. The van der Waals surface area contributed by atoms with Gasteiger partial charge in [0.05, 0.1) is 3.79 Å². The molecule has 1 aliphatic heterocycles. The lowest BCUT2D eigenvalue weighted by atomic mass is 9.90. The number of thiophene rings is 1. The van der Waals surface area contributed by atoms with Crippen LogP contribution in [0.25, 0.3) is 0 Å². The van der Waals surface area contributed by atoms with E-state index in [2.05, 4.69) is 35.8 Å². The summed E-state index contributed by atoms with van der Waals surface area (Å²) < 4.78 is 13.0. The number of fused-ring (bicyclic) bond motifs is 1. The molecule has 112 valence electrons. The maximum absolute atomic E-state index is 6.22. The summed E-state index contributed by atoms with van der Waals surface area (Å²) in [5, 5.41) is 0. The van der Waals surface area contributed by atoms with Crippen molar-refractivity contribution in [1.29, 1.82) is 0 Å². The molecule has 2 heterocycles. The van der Waals surface area contributed by atoms with Gasteiger partial charge in [0.25, 0.3) is 0 Å². The van der Waals surface area contributed by atoms with Gasteiger partial charge in [-0.2, -0.15) is 0 Å². The monoisotopic (exact) mass is 367 g/mol. The summed E-state index contributed by atoms with van der Waals surface area (Å²) in [6.45, 7) is 4.68. The zero-order valence-corrected chi connectivity index (χ0v) is 14.5. The molecule has 1 aliphatic rings. The van der Waals surface area contributed by atoms with Crippen LogP contribution in [0.15, 0.2) is 34.1 Å². The third-order valence-corrected chi connectivity index (χ3v) is 5.09. The Morgan fingerprint density at radius 3 is 2.90 bits per heavy atom. The van der Waals surface area contributed by atoms with E-state index in [0.717, 1.165) is 27.3 Å². The summed E-state index contributed by atoms with van der Waals surface area (Å²) in [4.78, 5) is 1.18. The molecule has 0 spiro atoms. The highest BCUT2D eigenvalue weighted by Gasteiger charge is 2.31. The second-order valence-corrected chi connectivity index (χ2v) is 8.41. The Morgan fingerprint density at radius 2 is 2.19 bits per heavy atom. The molecule has 0 saturated carbocycles. The average Bonchev–Trinajstić information content (AvgIpc) is 2.80. The molecule has 0 saturated heterocycles. The summed E-state index contributed by atoms with van der Waals surface area (Å²) in [7, 11) is 0. The lowest BCUT2D eigenvalue weighted by Crippen LogP contribution is -2.37. The highest BCUT2D eigenvalue weighted by atomic mass is 79.9. The molecule has 1 atom stereocenters. The molecule has 5 heteroatoms. The Kier molecular flexibility index (Phi) is 3.99. The first-order valence-corrected chi connectivity index (χ1v) is 8.49. The van der Waals surface area contributed by atoms with Gasteiger partial charge in [-0.25, -0.2) is 0 Å². The standard InChI is InChI=1S/C16H18BrNO2S/c1-16(2)8-13(18)12-5-3-10(7-14(12)20-16)19-9-11-4-6-15(17)21-11/h3-7,13H,8-9,18H2,1-2H3. The molecular weight excluding hydrogens is 350 g/mol. The van der Waals surface area contributed by atoms with E-state index in [1.54, 1.807) is 11.3 Å². The van der Waals surface area contributed by atoms with Crippen LogP contribution in [0.3, 0.4) is 0 Å². The van der Waals surface area contributed by atoms with Crippen molar-refractivity contribution in [2.45, 2.75) is 38.5 Å². The van der Waals surface area contributed by atoms with Gasteiger partial charge in [0.2, 0.25) is 0 Å². The third-order valence-electron chi connectivity index (χ3n) is 3.49. The van der Waals surface area contributed by atoms with E-state index in [4.69, 9.17) is 15.2 Å². The summed E-state index contributed by atoms with van der Waals surface area (Å²) in [5.74, 6) is 1.65. The molecule has 1 aromatic carbocycles. The number of benzene rings is 1. The van der Waals surface area contributed by atoms with Crippen molar-refractivity contribution in [2.75, 3.05) is 0 Å². The van der Waals surface area contributed by atoms with E-state index in [1.807, 2.05) is 24.3 Å².